The first-order valence-electron chi connectivity index (χ1n) is 6.43. The lowest BCUT2D eigenvalue weighted by atomic mass is 9.85. The number of rotatable bonds is 4. The zero-order chi connectivity index (χ0) is 13.0. The second kappa shape index (κ2) is 5.57. The summed E-state index contributed by atoms with van der Waals surface area (Å²) in [5, 5.41) is 13.5. The highest BCUT2D eigenvalue weighted by atomic mass is 19.1. The first kappa shape index (κ1) is 13.1. The molecule has 0 spiro atoms. The van der Waals surface area contributed by atoms with Gasteiger partial charge in [-0.3, -0.25) is 0 Å². The Kier molecular flexibility index (Phi) is 4.07. The Morgan fingerprint density at radius 1 is 1.33 bits per heavy atom. The van der Waals surface area contributed by atoms with Crippen molar-refractivity contribution in [3.05, 3.63) is 24.0 Å². The fraction of sp³-hybridized carbons (Fsp3) is 0.571. The van der Waals surface area contributed by atoms with Gasteiger partial charge in [0.15, 0.2) is 11.6 Å². The fourth-order valence-corrected chi connectivity index (χ4v) is 2.42. The van der Waals surface area contributed by atoms with Crippen LogP contribution in [0.4, 0.5) is 10.1 Å². The molecule has 0 bridgehead atoms. The topological polar surface area (TPSA) is 41.5 Å². The Morgan fingerprint density at radius 2 is 2.06 bits per heavy atom. The Bertz CT molecular complexity index is 403. The van der Waals surface area contributed by atoms with Crippen LogP contribution in [0.2, 0.25) is 0 Å². The molecular weight excluding hydrogens is 233 g/mol. The molecule has 2 N–H and O–H groups in total. The first-order valence-corrected chi connectivity index (χ1v) is 6.43. The summed E-state index contributed by atoms with van der Waals surface area (Å²) in [7, 11) is 1.44. The van der Waals surface area contributed by atoms with E-state index in [2.05, 4.69) is 5.32 Å². The van der Waals surface area contributed by atoms with Gasteiger partial charge in [-0.15, -0.1) is 0 Å². The number of benzene rings is 1. The van der Waals surface area contributed by atoms with Crippen molar-refractivity contribution in [3.63, 3.8) is 0 Å². The van der Waals surface area contributed by atoms with Crippen molar-refractivity contribution in [2.45, 2.75) is 37.7 Å². The van der Waals surface area contributed by atoms with E-state index in [1.165, 1.54) is 19.6 Å². The Labute approximate surface area is 107 Å². The minimum absolute atomic E-state index is 0.218. The van der Waals surface area contributed by atoms with E-state index in [4.69, 9.17) is 4.74 Å². The smallest absolute Gasteiger partial charge is 0.165 e. The van der Waals surface area contributed by atoms with Gasteiger partial charge in [0.25, 0.3) is 0 Å². The summed E-state index contributed by atoms with van der Waals surface area (Å²) in [5.74, 6) is -0.157. The normalized spacial score (nSPS) is 18.4. The van der Waals surface area contributed by atoms with Gasteiger partial charge in [0, 0.05) is 18.3 Å². The Morgan fingerprint density at radius 3 is 2.72 bits per heavy atom. The highest BCUT2D eigenvalue weighted by Crippen LogP contribution is 2.29. The van der Waals surface area contributed by atoms with Gasteiger partial charge in [0.2, 0.25) is 0 Å². The van der Waals surface area contributed by atoms with Crippen LogP contribution in [0, 0.1) is 5.82 Å². The molecule has 0 heterocycles. The van der Waals surface area contributed by atoms with Gasteiger partial charge in [0.05, 0.1) is 12.7 Å². The summed E-state index contributed by atoms with van der Waals surface area (Å²) in [5.41, 5.74) is 0.145. The molecule has 0 radical (unpaired) electrons. The van der Waals surface area contributed by atoms with Gasteiger partial charge in [-0.2, -0.15) is 0 Å². The van der Waals surface area contributed by atoms with Crippen molar-refractivity contribution < 1.29 is 14.2 Å². The molecule has 0 saturated heterocycles. The molecule has 0 amide bonds. The molecule has 100 valence electrons. The lowest BCUT2D eigenvalue weighted by molar-refractivity contribution is 0.0167. The summed E-state index contributed by atoms with van der Waals surface area (Å²) in [4.78, 5) is 0. The van der Waals surface area contributed by atoms with Crippen LogP contribution in [-0.2, 0) is 0 Å². The molecule has 1 aliphatic rings. The van der Waals surface area contributed by atoms with Gasteiger partial charge in [-0.1, -0.05) is 19.3 Å². The van der Waals surface area contributed by atoms with Crippen LogP contribution >= 0.6 is 0 Å². The van der Waals surface area contributed by atoms with Crippen molar-refractivity contribution in [2.75, 3.05) is 19.0 Å². The summed E-state index contributed by atoms with van der Waals surface area (Å²) >= 11 is 0. The van der Waals surface area contributed by atoms with Gasteiger partial charge >= 0.3 is 0 Å². The lowest BCUT2D eigenvalue weighted by Crippen LogP contribution is -2.38. The second-order valence-electron chi connectivity index (χ2n) is 4.99. The van der Waals surface area contributed by atoms with E-state index in [1.54, 1.807) is 12.1 Å². The second-order valence-corrected chi connectivity index (χ2v) is 4.99. The van der Waals surface area contributed by atoms with Gasteiger partial charge in [-0.25, -0.2) is 4.39 Å². The van der Waals surface area contributed by atoms with Crippen molar-refractivity contribution in [1.82, 2.24) is 0 Å². The van der Waals surface area contributed by atoms with Crippen LogP contribution < -0.4 is 10.1 Å². The van der Waals surface area contributed by atoms with Crippen molar-refractivity contribution >= 4 is 5.69 Å². The predicted octanol–water partition coefficient (Wildman–Crippen LogP) is 2.94. The number of aliphatic hydroxyl groups is 1. The number of ether oxygens (including phenoxy) is 1. The van der Waals surface area contributed by atoms with Crippen LogP contribution in [-0.4, -0.2) is 24.4 Å². The molecule has 0 aromatic heterocycles. The molecule has 1 aliphatic carbocycles. The van der Waals surface area contributed by atoms with Crippen LogP contribution in [0.3, 0.4) is 0 Å². The van der Waals surface area contributed by atoms with Crippen LogP contribution in [0.1, 0.15) is 32.1 Å². The van der Waals surface area contributed by atoms with Gasteiger partial charge < -0.3 is 15.2 Å². The zero-order valence-corrected chi connectivity index (χ0v) is 10.7. The number of hydrogen-bond donors (Lipinski definition) is 2. The number of anilines is 1. The average molecular weight is 253 g/mol. The Balaban J connectivity index is 1.97. The lowest BCUT2D eigenvalue weighted by Gasteiger charge is -2.32. The SMILES string of the molecule is COc1cc(NCC2(O)CCCCC2)ccc1F. The maximum atomic E-state index is 13.2. The molecule has 3 nitrogen and oxygen atoms in total. The largest absolute Gasteiger partial charge is 0.494 e. The number of halogens is 1. The van der Waals surface area contributed by atoms with Crippen LogP contribution in [0.25, 0.3) is 0 Å². The van der Waals surface area contributed by atoms with E-state index in [0.717, 1.165) is 31.4 Å². The molecule has 0 aliphatic heterocycles. The molecule has 4 heteroatoms. The van der Waals surface area contributed by atoms with Gasteiger partial charge in [0.1, 0.15) is 0 Å². The maximum Gasteiger partial charge on any atom is 0.165 e. The minimum atomic E-state index is -0.625. The molecule has 0 unspecified atom stereocenters. The molecule has 1 aromatic carbocycles. The summed E-state index contributed by atoms with van der Waals surface area (Å²) in [6.45, 7) is 0.502. The minimum Gasteiger partial charge on any atom is -0.494 e. The monoisotopic (exact) mass is 253 g/mol. The highest BCUT2D eigenvalue weighted by Gasteiger charge is 2.28. The summed E-state index contributed by atoms with van der Waals surface area (Å²) in [6, 6.07) is 4.64. The van der Waals surface area contributed by atoms with E-state index >= 15 is 0 Å². The molecule has 2 rings (SSSR count). The third kappa shape index (κ3) is 3.13. The van der Waals surface area contributed by atoms with E-state index < -0.39 is 5.60 Å². The summed E-state index contributed by atoms with van der Waals surface area (Å²) in [6.07, 6.45) is 5.01. The third-order valence-electron chi connectivity index (χ3n) is 3.56. The highest BCUT2D eigenvalue weighted by molar-refractivity contribution is 5.49. The van der Waals surface area contributed by atoms with Crippen molar-refractivity contribution in [1.29, 1.82) is 0 Å². The number of nitrogens with one attached hydrogen (secondary N) is 1. The zero-order valence-electron chi connectivity index (χ0n) is 10.7. The van der Waals surface area contributed by atoms with Crippen molar-refractivity contribution in [2.24, 2.45) is 0 Å². The number of methoxy groups -OCH3 is 1. The molecule has 1 saturated carbocycles. The van der Waals surface area contributed by atoms with Crippen molar-refractivity contribution in [3.8, 4) is 5.75 Å². The Hall–Kier alpha value is -1.29. The molecule has 0 atom stereocenters. The van der Waals surface area contributed by atoms with Gasteiger partial charge in [-0.05, 0) is 25.0 Å². The standard InChI is InChI=1S/C14H20FNO2/c1-18-13-9-11(5-6-12(13)15)16-10-14(17)7-3-2-4-8-14/h5-6,9,16-17H,2-4,7-8,10H2,1H3. The van der Waals surface area contributed by atoms with E-state index in [9.17, 15) is 9.50 Å². The van der Waals surface area contributed by atoms with E-state index in [1.807, 2.05) is 0 Å². The first-order chi connectivity index (χ1) is 8.63. The average Bonchev–Trinajstić information content (AvgIpc) is 2.39. The van der Waals surface area contributed by atoms with Crippen LogP contribution in [0.15, 0.2) is 18.2 Å². The molecule has 1 aromatic rings. The molecular formula is C14H20FNO2. The maximum absolute atomic E-state index is 13.2. The van der Waals surface area contributed by atoms with E-state index in [0.29, 0.717) is 6.54 Å². The molecule has 18 heavy (non-hydrogen) atoms. The third-order valence-corrected chi connectivity index (χ3v) is 3.56. The quantitative estimate of drug-likeness (QED) is 0.867. The number of hydrogen-bond acceptors (Lipinski definition) is 3. The molecule has 1 fully saturated rings. The fourth-order valence-electron chi connectivity index (χ4n) is 2.42. The predicted molar refractivity (Wildman–Crippen MR) is 69.5 cm³/mol. The summed E-state index contributed by atoms with van der Waals surface area (Å²) < 4.78 is 18.2. The van der Waals surface area contributed by atoms with E-state index in [-0.39, 0.29) is 11.6 Å². The van der Waals surface area contributed by atoms with Crippen LogP contribution in [0.5, 0.6) is 5.75 Å².